The van der Waals surface area contributed by atoms with Crippen molar-refractivity contribution in [2.75, 3.05) is 13.1 Å². The van der Waals surface area contributed by atoms with E-state index in [0.29, 0.717) is 18.7 Å². The lowest BCUT2D eigenvalue weighted by atomic mass is 10.1. The summed E-state index contributed by atoms with van der Waals surface area (Å²) in [5, 5.41) is 5.74. The van der Waals surface area contributed by atoms with E-state index in [1.165, 1.54) is 6.92 Å². The first kappa shape index (κ1) is 13.4. The highest BCUT2D eigenvalue weighted by atomic mass is 16.1. The Kier molecular flexibility index (Phi) is 5.36. The van der Waals surface area contributed by atoms with Gasteiger partial charge in [-0.3, -0.25) is 9.59 Å². The predicted octanol–water partition coefficient (Wildman–Crippen LogP) is 0.983. The molecule has 0 saturated heterocycles. The molecule has 2 N–H and O–H groups in total. The monoisotopic (exact) mass is 234 g/mol. The van der Waals surface area contributed by atoms with Gasteiger partial charge in [-0.05, 0) is 6.92 Å². The van der Waals surface area contributed by atoms with Crippen molar-refractivity contribution in [3.05, 3.63) is 35.9 Å². The predicted molar refractivity (Wildman–Crippen MR) is 66.9 cm³/mol. The van der Waals surface area contributed by atoms with Crippen LogP contribution in [0.3, 0.4) is 0 Å². The molecule has 0 aromatic heterocycles. The van der Waals surface area contributed by atoms with Crippen molar-refractivity contribution in [3.63, 3.8) is 0 Å². The molecule has 0 fully saturated rings. The summed E-state index contributed by atoms with van der Waals surface area (Å²) in [5.41, 5.74) is 0.701. The third-order valence-corrected chi connectivity index (χ3v) is 2.40. The summed E-state index contributed by atoms with van der Waals surface area (Å²) < 4.78 is 0. The van der Waals surface area contributed by atoms with E-state index in [-0.39, 0.29) is 17.7 Å². The average molecular weight is 234 g/mol. The first-order valence-electron chi connectivity index (χ1n) is 5.68. The van der Waals surface area contributed by atoms with Crippen LogP contribution >= 0.6 is 0 Å². The molecular weight excluding hydrogens is 216 g/mol. The molecule has 0 heterocycles. The van der Waals surface area contributed by atoms with Crippen LogP contribution in [0.25, 0.3) is 0 Å². The molecule has 17 heavy (non-hydrogen) atoms. The van der Waals surface area contributed by atoms with Crippen molar-refractivity contribution in [2.24, 2.45) is 0 Å². The van der Waals surface area contributed by atoms with Gasteiger partial charge in [-0.2, -0.15) is 0 Å². The third kappa shape index (κ3) is 4.78. The van der Waals surface area contributed by atoms with E-state index in [1.54, 1.807) is 12.1 Å². The smallest absolute Gasteiger partial charge is 0.216 e. The van der Waals surface area contributed by atoms with Crippen molar-refractivity contribution in [2.45, 2.75) is 19.9 Å². The fourth-order valence-corrected chi connectivity index (χ4v) is 1.47. The molecule has 0 spiro atoms. The molecule has 0 bridgehead atoms. The van der Waals surface area contributed by atoms with Crippen LogP contribution in [0.15, 0.2) is 30.3 Å². The summed E-state index contributed by atoms with van der Waals surface area (Å²) in [7, 11) is 0. The topological polar surface area (TPSA) is 58.2 Å². The van der Waals surface area contributed by atoms with Crippen molar-refractivity contribution >= 4 is 11.7 Å². The van der Waals surface area contributed by atoms with Crippen molar-refractivity contribution in [1.29, 1.82) is 0 Å². The summed E-state index contributed by atoms with van der Waals surface area (Å²) in [4.78, 5) is 22.6. The number of benzene rings is 1. The van der Waals surface area contributed by atoms with Gasteiger partial charge >= 0.3 is 0 Å². The molecule has 0 aliphatic heterocycles. The standard InChI is InChI=1S/C13H18N2O2/c1-10(14-8-9-15-11(2)16)13(17)12-6-4-3-5-7-12/h3-7,10,14H,8-9H2,1-2H3,(H,15,16). The van der Waals surface area contributed by atoms with Gasteiger partial charge in [0, 0.05) is 25.6 Å². The SMILES string of the molecule is CC(=O)NCCNC(C)C(=O)c1ccccc1. The van der Waals surface area contributed by atoms with Crippen molar-refractivity contribution < 1.29 is 9.59 Å². The van der Waals surface area contributed by atoms with E-state index in [1.807, 2.05) is 25.1 Å². The Morgan fingerprint density at radius 2 is 1.82 bits per heavy atom. The van der Waals surface area contributed by atoms with Gasteiger partial charge in [0.05, 0.1) is 6.04 Å². The van der Waals surface area contributed by atoms with E-state index in [9.17, 15) is 9.59 Å². The van der Waals surface area contributed by atoms with Gasteiger partial charge in [-0.1, -0.05) is 30.3 Å². The summed E-state index contributed by atoms with van der Waals surface area (Å²) in [6.45, 7) is 4.41. The van der Waals surface area contributed by atoms with Crippen LogP contribution in [0.4, 0.5) is 0 Å². The molecule has 4 heteroatoms. The van der Waals surface area contributed by atoms with Gasteiger partial charge in [0.15, 0.2) is 5.78 Å². The minimum absolute atomic E-state index is 0.0613. The molecule has 0 radical (unpaired) electrons. The number of hydrogen-bond acceptors (Lipinski definition) is 3. The second-order valence-corrected chi connectivity index (χ2v) is 3.89. The fourth-order valence-electron chi connectivity index (χ4n) is 1.47. The molecular formula is C13H18N2O2. The van der Waals surface area contributed by atoms with Gasteiger partial charge in [-0.25, -0.2) is 0 Å². The molecule has 1 aromatic rings. The minimum atomic E-state index is -0.244. The Hall–Kier alpha value is -1.68. The molecule has 0 aliphatic carbocycles. The van der Waals surface area contributed by atoms with Crippen LogP contribution in [0, 0.1) is 0 Å². The molecule has 1 rings (SSSR count). The zero-order chi connectivity index (χ0) is 12.7. The first-order valence-corrected chi connectivity index (χ1v) is 5.68. The molecule has 1 aromatic carbocycles. The molecule has 1 amide bonds. The Morgan fingerprint density at radius 3 is 2.41 bits per heavy atom. The lowest BCUT2D eigenvalue weighted by Gasteiger charge is -2.12. The summed E-state index contributed by atoms with van der Waals surface area (Å²) in [5.74, 6) is 0.00210. The summed E-state index contributed by atoms with van der Waals surface area (Å²) in [6.07, 6.45) is 0. The van der Waals surface area contributed by atoms with Gasteiger partial charge in [0.2, 0.25) is 5.91 Å². The largest absolute Gasteiger partial charge is 0.355 e. The molecule has 1 unspecified atom stereocenters. The van der Waals surface area contributed by atoms with E-state index in [2.05, 4.69) is 10.6 Å². The quantitative estimate of drug-likeness (QED) is 0.570. The number of hydrogen-bond donors (Lipinski definition) is 2. The number of Topliss-reactive ketones (excluding diaryl/α,β-unsaturated/α-hetero) is 1. The van der Waals surface area contributed by atoms with E-state index in [4.69, 9.17) is 0 Å². The summed E-state index contributed by atoms with van der Waals surface area (Å²) >= 11 is 0. The zero-order valence-corrected chi connectivity index (χ0v) is 10.2. The minimum Gasteiger partial charge on any atom is -0.355 e. The Morgan fingerprint density at radius 1 is 1.18 bits per heavy atom. The van der Waals surface area contributed by atoms with E-state index >= 15 is 0 Å². The molecule has 92 valence electrons. The van der Waals surface area contributed by atoms with E-state index < -0.39 is 0 Å². The highest BCUT2D eigenvalue weighted by Crippen LogP contribution is 2.02. The van der Waals surface area contributed by atoms with Crippen LogP contribution in [-0.4, -0.2) is 30.8 Å². The van der Waals surface area contributed by atoms with Crippen LogP contribution in [0.1, 0.15) is 24.2 Å². The van der Waals surface area contributed by atoms with Gasteiger partial charge in [0.1, 0.15) is 0 Å². The molecule has 0 aliphatic rings. The number of ketones is 1. The Labute approximate surface area is 101 Å². The molecule has 4 nitrogen and oxygen atoms in total. The highest BCUT2D eigenvalue weighted by molar-refractivity contribution is 5.99. The van der Waals surface area contributed by atoms with Crippen LogP contribution < -0.4 is 10.6 Å². The third-order valence-electron chi connectivity index (χ3n) is 2.40. The Bertz CT molecular complexity index is 376. The lowest BCUT2D eigenvalue weighted by molar-refractivity contribution is -0.118. The number of amides is 1. The number of carbonyl (C=O) groups is 2. The van der Waals surface area contributed by atoms with Gasteiger partial charge < -0.3 is 10.6 Å². The molecule has 1 atom stereocenters. The van der Waals surface area contributed by atoms with Crippen molar-refractivity contribution in [1.82, 2.24) is 10.6 Å². The van der Waals surface area contributed by atoms with Crippen molar-refractivity contribution in [3.8, 4) is 0 Å². The number of carbonyl (C=O) groups excluding carboxylic acids is 2. The maximum Gasteiger partial charge on any atom is 0.216 e. The average Bonchev–Trinajstić information content (AvgIpc) is 2.34. The Balaban J connectivity index is 2.35. The zero-order valence-electron chi connectivity index (χ0n) is 10.2. The second kappa shape index (κ2) is 6.81. The molecule has 0 saturated carbocycles. The lowest BCUT2D eigenvalue weighted by Crippen LogP contribution is -2.39. The maximum absolute atomic E-state index is 11.9. The summed E-state index contributed by atoms with van der Waals surface area (Å²) in [6, 6.07) is 8.93. The normalized spacial score (nSPS) is 11.9. The van der Waals surface area contributed by atoms with Crippen LogP contribution in [0.5, 0.6) is 0 Å². The first-order chi connectivity index (χ1) is 8.11. The fraction of sp³-hybridized carbons (Fsp3) is 0.385. The van der Waals surface area contributed by atoms with Crippen LogP contribution in [0.2, 0.25) is 0 Å². The van der Waals surface area contributed by atoms with E-state index in [0.717, 1.165) is 0 Å². The number of nitrogens with one attached hydrogen (secondary N) is 2. The number of rotatable bonds is 6. The maximum atomic E-state index is 11.9. The van der Waals surface area contributed by atoms with Gasteiger partial charge in [0.25, 0.3) is 0 Å². The van der Waals surface area contributed by atoms with Gasteiger partial charge in [-0.15, -0.1) is 0 Å². The highest BCUT2D eigenvalue weighted by Gasteiger charge is 2.13. The second-order valence-electron chi connectivity index (χ2n) is 3.89. The van der Waals surface area contributed by atoms with Crippen LogP contribution in [-0.2, 0) is 4.79 Å².